The zero-order valence-electron chi connectivity index (χ0n) is 15.4. The summed E-state index contributed by atoms with van der Waals surface area (Å²) in [5, 5.41) is 5.84. The Morgan fingerprint density at radius 1 is 1.00 bits per heavy atom. The molecule has 28 heavy (non-hydrogen) atoms. The van der Waals surface area contributed by atoms with E-state index in [-0.39, 0.29) is 6.03 Å². The molecule has 0 atom stereocenters. The van der Waals surface area contributed by atoms with Gasteiger partial charge in [-0.05, 0) is 29.8 Å². The van der Waals surface area contributed by atoms with Crippen molar-refractivity contribution < 1.29 is 9.53 Å². The highest BCUT2D eigenvalue weighted by Gasteiger charge is 2.16. The van der Waals surface area contributed by atoms with Gasteiger partial charge >= 0.3 is 6.03 Å². The molecule has 0 radical (unpaired) electrons. The number of amides is 2. The van der Waals surface area contributed by atoms with E-state index in [1.165, 1.54) is 0 Å². The molecular formula is C22H20N4O2. The molecule has 0 saturated heterocycles. The maximum Gasteiger partial charge on any atom is 0.320 e. The minimum Gasteiger partial charge on any atom is -0.497 e. The molecule has 6 heteroatoms. The molecule has 0 saturated carbocycles. The Morgan fingerprint density at radius 2 is 1.75 bits per heavy atom. The third-order valence-corrected chi connectivity index (χ3v) is 4.42. The smallest absolute Gasteiger partial charge is 0.320 e. The van der Waals surface area contributed by atoms with Gasteiger partial charge in [-0.15, -0.1) is 0 Å². The van der Waals surface area contributed by atoms with Gasteiger partial charge in [0, 0.05) is 18.3 Å². The number of fused-ring (bicyclic) bond motifs is 1. The predicted octanol–water partition coefficient (Wildman–Crippen LogP) is 4.33. The lowest BCUT2D eigenvalue weighted by molar-refractivity contribution is 0.251. The van der Waals surface area contributed by atoms with Gasteiger partial charge in [0.2, 0.25) is 0 Å². The predicted molar refractivity (Wildman–Crippen MR) is 109 cm³/mol. The van der Waals surface area contributed by atoms with Gasteiger partial charge in [0.15, 0.2) is 0 Å². The molecule has 6 nitrogen and oxygen atoms in total. The average molecular weight is 372 g/mol. The van der Waals surface area contributed by atoms with Crippen molar-refractivity contribution >= 4 is 17.5 Å². The van der Waals surface area contributed by atoms with Gasteiger partial charge in [0.1, 0.15) is 22.9 Å². The Kier molecular flexibility index (Phi) is 4.93. The minimum absolute atomic E-state index is 0.293. The first-order chi connectivity index (χ1) is 13.7. The van der Waals surface area contributed by atoms with Crippen LogP contribution in [0.5, 0.6) is 5.75 Å². The van der Waals surface area contributed by atoms with Crippen molar-refractivity contribution in [3.8, 4) is 17.0 Å². The van der Waals surface area contributed by atoms with Crippen LogP contribution in [0.15, 0.2) is 79.0 Å². The van der Waals surface area contributed by atoms with E-state index in [4.69, 9.17) is 4.74 Å². The summed E-state index contributed by atoms with van der Waals surface area (Å²) in [6.07, 6.45) is 1.88. The van der Waals surface area contributed by atoms with Gasteiger partial charge in [-0.25, -0.2) is 9.78 Å². The number of carbonyl (C=O) groups excluding carboxylic acids is 1. The summed E-state index contributed by atoms with van der Waals surface area (Å²) < 4.78 is 7.02. The van der Waals surface area contributed by atoms with Crippen LogP contribution in [0.1, 0.15) is 5.56 Å². The zero-order chi connectivity index (χ0) is 19.3. The number of urea groups is 1. The van der Waals surface area contributed by atoms with Crippen molar-refractivity contribution in [2.75, 3.05) is 12.4 Å². The first-order valence-corrected chi connectivity index (χ1v) is 8.95. The molecule has 0 spiro atoms. The van der Waals surface area contributed by atoms with Gasteiger partial charge in [0.25, 0.3) is 0 Å². The summed E-state index contributed by atoms with van der Waals surface area (Å²) in [5.41, 5.74) is 3.42. The van der Waals surface area contributed by atoms with Crippen molar-refractivity contribution in [3.63, 3.8) is 0 Å². The maximum absolute atomic E-state index is 12.5. The number of aromatic nitrogens is 2. The molecule has 2 heterocycles. The molecule has 0 unspecified atom stereocenters. The largest absolute Gasteiger partial charge is 0.497 e. The quantitative estimate of drug-likeness (QED) is 0.548. The maximum atomic E-state index is 12.5. The topological polar surface area (TPSA) is 67.7 Å². The fraction of sp³-hybridized carbons (Fsp3) is 0.0909. The Hall–Kier alpha value is -3.80. The van der Waals surface area contributed by atoms with E-state index in [1.807, 2.05) is 83.4 Å². The number of nitrogens with zero attached hydrogens (tertiary/aromatic N) is 2. The fourth-order valence-electron chi connectivity index (χ4n) is 2.99. The molecular weight excluding hydrogens is 352 g/mol. The van der Waals surface area contributed by atoms with Crippen LogP contribution in [0.4, 0.5) is 10.6 Å². The lowest BCUT2D eigenvalue weighted by Gasteiger charge is -2.10. The Morgan fingerprint density at radius 3 is 2.50 bits per heavy atom. The van der Waals surface area contributed by atoms with Crippen molar-refractivity contribution in [1.82, 2.24) is 14.7 Å². The van der Waals surface area contributed by atoms with E-state index in [0.717, 1.165) is 28.2 Å². The second-order valence-corrected chi connectivity index (χ2v) is 6.26. The van der Waals surface area contributed by atoms with Crippen LogP contribution in [0.2, 0.25) is 0 Å². The number of carbonyl (C=O) groups is 1. The number of ether oxygens (including phenoxy) is 1. The van der Waals surface area contributed by atoms with Crippen LogP contribution in [-0.2, 0) is 6.54 Å². The van der Waals surface area contributed by atoms with Crippen molar-refractivity contribution in [2.24, 2.45) is 0 Å². The minimum atomic E-state index is -0.293. The van der Waals surface area contributed by atoms with Crippen molar-refractivity contribution in [2.45, 2.75) is 6.54 Å². The van der Waals surface area contributed by atoms with E-state index < -0.39 is 0 Å². The fourth-order valence-corrected chi connectivity index (χ4v) is 2.99. The van der Waals surface area contributed by atoms with Crippen LogP contribution in [-0.4, -0.2) is 22.5 Å². The lowest BCUT2D eigenvalue weighted by Crippen LogP contribution is -2.28. The summed E-state index contributed by atoms with van der Waals surface area (Å²) in [6.45, 7) is 0.410. The SMILES string of the molecule is COc1ccc(CNC(=O)Nc2c(-c3ccccc3)nc3ccccn23)cc1. The number of hydrogen-bond acceptors (Lipinski definition) is 3. The molecule has 0 aliphatic heterocycles. The summed E-state index contributed by atoms with van der Waals surface area (Å²) in [6, 6.07) is 22.8. The van der Waals surface area contributed by atoms with Crippen LogP contribution in [0, 0.1) is 0 Å². The van der Waals surface area contributed by atoms with Crippen molar-refractivity contribution in [1.29, 1.82) is 0 Å². The van der Waals surface area contributed by atoms with Crippen LogP contribution in [0.3, 0.4) is 0 Å². The number of rotatable bonds is 5. The molecule has 2 aromatic heterocycles. The van der Waals surface area contributed by atoms with Gasteiger partial charge in [0.05, 0.1) is 7.11 Å². The molecule has 0 fully saturated rings. The normalized spacial score (nSPS) is 10.6. The summed E-state index contributed by atoms with van der Waals surface area (Å²) >= 11 is 0. The van der Waals surface area contributed by atoms with E-state index in [9.17, 15) is 4.79 Å². The highest BCUT2D eigenvalue weighted by atomic mass is 16.5. The highest BCUT2D eigenvalue weighted by Crippen LogP contribution is 2.28. The Balaban J connectivity index is 1.55. The third-order valence-electron chi connectivity index (χ3n) is 4.42. The summed E-state index contributed by atoms with van der Waals surface area (Å²) in [7, 11) is 1.63. The third kappa shape index (κ3) is 3.66. The molecule has 140 valence electrons. The molecule has 0 aliphatic carbocycles. The number of anilines is 1. The Bertz CT molecular complexity index is 1090. The second kappa shape index (κ2) is 7.84. The summed E-state index contributed by atoms with van der Waals surface area (Å²) in [5.74, 6) is 1.42. The first kappa shape index (κ1) is 17.6. The van der Waals surface area contributed by atoms with Crippen LogP contribution in [0.25, 0.3) is 16.9 Å². The average Bonchev–Trinajstić information content (AvgIpc) is 3.12. The van der Waals surface area contributed by atoms with Crippen molar-refractivity contribution in [3.05, 3.63) is 84.6 Å². The van der Waals surface area contributed by atoms with Gasteiger partial charge in [-0.1, -0.05) is 48.5 Å². The molecule has 0 aliphatic rings. The molecule has 2 aromatic carbocycles. The monoisotopic (exact) mass is 372 g/mol. The van der Waals surface area contributed by atoms with E-state index in [2.05, 4.69) is 15.6 Å². The zero-order valence-corrected chi connectivity index (χ0v) is 15.4. The molecule has 2 amide bonds. The molecule has 4 rings (SSSR count). The van der Waals surface area contributed by atoms with Gasteiger partial charge < -0.3 is 10.1 Å². The van der Waals surface area contributed by atoms with Crippen LogP contribution < -0.4 is 15.4 Å². The van der Waals surface area contributed by atoms with Crippen LogP contribution >= 0.6 is 0 Å². The second-order valence-electron chi connectivity index (χ2n) is 6.26. The molecule has 4 aromatic rings. The number of hydrogen-bond donors (Lipinski definition) is 2. The van der Waals surface area contributed by atoms with Gasteiger partial charge in [-0.3, -0.25) is 9.72 Å². The standard InChI is InChI=1S/C22H20N4O2/c1-28-18-12-10-16(11-13-18)15-23-22(27)25-21-20(17-7-3-2-4-8-17)24-19-9-5-6-14-26(19)21/h2-14H,15H2,1H3,(H2,23,25,27). The molecule has 0 bridgehead atoms. The first-order valence-electron chi connectivity index (χ1n) is 8.95. The van der Waals surface area contributed by atoms with E-state index in [1.54, 1.807) is 7.11 Å². The van der Waals surface area contributed by atoms with E-state index >= 15 is 0 Å². The number of pyridine rings is 1. The number of benzene rings is 2. The number of methoxy groups -OCH3 is 1. The highest BCUT2D eigenvalue weighted by molar-refractivity contribution is 5.93. The summed E-state index contributed by atoms with van der Waals surface area (Å²) in [4.78, 5) is 17.2. The lowest BCUT2D eigenvalue weighted by atomic mass is 10.1. The van der Waals surface area contributed by atoms with Gasteiger partial charge in [-0.2, -0.15) is 0 Å². The number of imidazole rings is 1. The molecule has 2 N–H and O–H groups in total. The Labute approximate surface area is 162 Å². The number of nitrogens with one attached hydrogen (secondary N) is 2. The van der Waals surface area contributed by atoms with E-state index in [0.29, 0.717) is 12.4 Å².